The fourth-order valence-electron chi connectivity index (χ4n) is 3.45. The molecule has 1 aliphatic heterocycles. The van der Waals surface area contributed by atoms with Gasteiger partial charge in [0.1, 0.15) is 0 Å². The van der Waals surface area contributed by atoms with E-state index in [-0.39, 0.29) is 5.75 Å². The molecule has 0 radical (unpaired) electrons. The van der Waals surface area contributed by atoms with Crippen LogP contribution in [0, 0.1) is 0 Å². The summed E-state index contributed by atoms with van der Waals surface area (Å²) in [5.41, 5.74) is 0.306. The van der Waals surface area contributed by atoms with Crippen LogP contribution in [0.25, 0.3) is 0 Å². The van der Waals surface area contributed by atoms with Gasteiger partial charge in [0.25, 0.3) is 0 Å². The third-order valence-electron chi connectivity index (χ3n) is 4.43. The highest BCUT2D eigenvalue weighted by atomic mass is 32.2. The summed E-state index contributed by atoms with van der Waals surface area (Å²) in [6.45, 7) is 0. The van der Waals surface area contributed by atoms with E-state index in [0.29, 0.717) is 29.7 Å². The highest BCUT2D eigenvalue weighted by Crippen LogP contribution is 2.46. The van der Waals surface area contributed by atoms with Crippen LogP contribution in [-0.4, -0.2) is 25.2 Å². The van der Waals surface area contributed by atoms with Gasteiger partial charge >= 0.3 is 5.97 Å². The maximum absolute atomic E-state index is 12.2. The van der Waals surface area contributed by atoms with Gasteiger partial charge in [0.15, 0.2) is 9.84 Å². The van der Waals surface area contributed by atoms with Gasteiger partial charge in [-0.2, -0.15) is 0 Å². The Morgan fingerprint density at radius 2 is 1.89 bits per heavy atom. The second-order valence-electron chi connectivity index (χ2n) is 5.46. The minimum absolute atomic E-state index is 0.106. The molecule has 1 saturated carbocycles. The van der Waals surface area contributed by atoms with E-state index in [2.05, 4.69) is 0 Å². The number of hydrogen-bond acceptors (Lipinski definition) is 3. The number of sulfone groups is 1. The fourth-order valence-corrected chi connectivity index (χ4v) is 5.31. The highest BCUT2D eigenvalue weighted by molar-refractivity contribution is 7.91. The summed E-state index contributed by atoms with van der Waals surface area (Å²) < 4.78 is 24.4. The number of carboxylic acid groups (broad SMARTS) is 1. The Morgan fingerprint density at radius 3 is 2.53 bits per heavy atom. The summed E-state index contributed by atoms with van der Waals surface area (Å²) in [7, 11) is -3.31. The maximum Gasteiger partial charge on any atom is 0.314 e. The molecule has 0 spiro atoms. The van der Waals surface area contributed by atoms with Gasteiger partial charge in [-0.3, -0.25) is 4.79 Å². The molecular formula is C14H16O4S. The molecule has 0 bridgehead atoms. The number of carboxylic acids is 1. The summed E-state index contributed by atoms with van der Waals surface area (Å²) in [5, 5.41) is 9.62. The molecule has 2 aliphatic rings. The Hall–Kier alpha value is -1.36. The summed E-state index contributed by atoms with van der Waals surface area (Å²) in [5.74, 6) is -0.782. The molecule has 1 aromatic carbocycles. The summed E-state index contributed by atoms with van der Waals surface area (Å²) >= 11 is 0. The van der Waals surface area contributed by atoms with Crippen LogP contribution in [0.2, 0.25) is 0 Å². The van der Waals surface area contributed by atoms with E-state index >= 15 is 0 Å². The highest BCUT2D eigenvalue weighted by Gasteiger charge is 2.47. The molecule has 0 aromatic heterocycles. The zero-order chi connectivity index (χ0) is 13.7. The Labute approximate surface area is 112 Å². The van der Waals surface area contributed by atoms with Gasteiger partial charge in [0, 0.05) is 0 Å². The van der Waals surface area contributed by atoms with Crippen molar-refractivity contribution in [3.8, 4) is 0 Å². The monoisotopic (exact) mass is 280 g/mol. The van der Waals surface area contributed by atoms with E-state index in [1.165, 1.54) is 0 Å². The predicted octanol–water partition coefficient (Wildman–Crippen LogP) is 1.91. The largest absolute Gasteiger partial charge is 0.481 e. The van der Waals surface area contributed by atoms with E-state index < -0.39 is 21.2 Å². The first-order valence-electron chi connectivity index (χ1n) is 6.56. The van der Waals surface area contributed by atoms with Crippen molar-refractivity contribution in [1.82, 2.24) is 0 Å². The van der Waals surface area contributed by atoms with Crippen LogP contribution in [0.1, 0.15) is 36.8 Å². The van der Waals surface area contributed by atoms with E-state index in [0.717, 1.165) is 18.4 Å². The number of rotatable bonds is 2. The van der Waals surface area contributed by atoms with Crippen LogP contribution in [-0.2, 0) is 26.5 Å². The van der Waals surface area contributed by atoms with E-state index in [1.54, 1.807) is 18.2 Å². The summed E-state index contributed by atoms with van der Waals surface area (Å²) in [6, 6.07) is 5.28. The van der Waals surface area contributed by atoms with Crippen molar-refractivity contribution >= 4 is 15.8 Å². The molecule has 19 heavy (non-hydrogen) atoms. The summed E-state index contributed by atoms with van der Waals surface area (Å²) in [4.78, 5) is 12.0. The molecule has 0 unspecified atom stereocenters. The lowest BCUT2D eigenvalue weighted by atomic mass is 9.78. The van der Waals surface area contributed by atoms with Gasteiger partial charge in [0.05, 0.1) is 16.1 Å². The van der Waals surface area contributed by atoms with Crippen molar-refractivity contribution < 1.29 is 18.3 Å². The molecule has 1 aliphatic carbocycles. The normalized spacial score (nSPS) is 23.2. The first kappa shape index (κ1) is 12.7. The van der Waals surface area contributed by atoms with Crippen LogP contribution in [0.5, 0.6) is 0 Å². The molecule has 1 N–H and O–H groups in total. The van der Waals surface area contributed by atoms with Crippen LogP contribution in [0.15, 0.2) is 23.1 Å². The standard InChI is InChI=1S/C14H16O4S/c15-13(16)14(7-1-2-8-14)11-5-3-4-10-6-9-19(17,18)12(10)11/h3-5H,1-2,6-9H2,(H,15,16). The van der Waals surface area contributed by atoms with E-state index in [4.69, 9.17) is 0 Å². The number of carbonyl (C=O) groups is 1. The molecule has 0 amide bonds. The SMILES string of the molecule is O=C(O)C1(c2cccc3c2S(=O)(=O)CC3)CCCC1. The average molecular weight is 280 g/mol. The minimum Gasteiger partial charge on any atom is -0.481 e. The molecule has 0 saturated heterocycles. The van der Waals surface area contributed by atoms with Gasteiger partial charge in [-0.1, -0.05) is 31.0 Å². The number of benzene rings is 1. The second kappa shape index (κ2) is 4.07. The molecule has 5 heteroatoms. The van der Waals surface area contributed by atoms with Crippen LogP contribution in [0.4, 0.5) is 0 Å². The fraction of sp³-hybridized carbons (Fsp3) is 0.500. The quantitative estimate of drug-likeness (QED) is 0.898. The van der Waals surface area contributed by atoms with Gasteiger partial charge in [-0.15, -0.1) is 0 Å². The smallest absolute Gasteiger partial charge is 0.314 e. The minimum atomic E-state index is -3.31. The molecular weight excluding hydrogens is 264 g/mol. The average Bonchev–Trinajstić information content (AvgIpc) is 2.96. The Balaban J connectivity index is 2.28. The third kappa shape index (κ3) is 1.71. The maximum atomic E-state index is 12.2. The van der Waals surface area contributed by atoms with Crippen molar-refractivity contribution in [2.75, 3.05) is 5.75 Å². The van der Waals surface area contributed by atoms with Crippen LogP contribution < -0.4 is 0 Å². The first-order valence-corrected chi connectivity index (χ1v) is 8.21. The van der Waals surface area contributed by atoms with Gasteiger partial charge < -0.3 is 5.11 Å². The Morgan fingerprint density at radius 1 is 1.21 bits per heavy atom. The van der Waals surface area contributed by atoms with E-state index in [1.807, 2.05) is 0 Å². The molecule has 102 valence electrons. The van der Waals surface area contributed by atoms with Crippen molar-refractivity contribution in [3.63, 3.8) is 0 Å². The summed E-state index contributed by atoms with van der Waals surface area (Å²) in [6.07, 6.45) is 3.26. The third-order valence-corrected chi connectivity index (χ3v) is 6.28. The molecule has 3 rings (SSSR count). The zero-order valence-electron chi connectivity index (χ0n) is 10.6. The number of aliphatic carboxylic acids is 1. The van der Waals surface area contributed by atoms with Crippen molar-refractivity contribution in [3.05, 3.63) is 29.3 Å². The van der Waals surface area contributed by atoms with Crippen molar-refractivity contribution in [1.29, 1.82) is 0 Å². The second-order valence-corrected chi connectivity index (χ2v) is 7.50. The topological polar surface area (TPSA) is 71.4 Å². The lowest BCUT2D eigenvalue weighted by molar-refractivity contribution is -0.143. The molecule has 1 aromatic rings. The number of aryl methyl sites for hydroxylation is 1. The Bertz CT molecular complexity index is 639. The molecule has 4 nitrogen and oxygen atoms in total. The predicted molar refractivity (Wildman–Crippen MR) is 70.0 cm³/mol. The van der Waals surface area contributed by atoms with Crippen LogP contribution in [0.3, 0.4) is 0 Å². The molecule has 1 fully saturated rings. The number of fused-ring (bicyclic) bond motifs is 1. The van der Waals surface area contributed by atoms with Crippen molar-refractivity contribution in [2.24, 2.45) is 0 Å². The lowest BCUT2D eigenvalue weighted by Crippen LogP contribution is -2.34. The number of hydrogen-bond donors (Lipinski definition) is 1. The zero-order valence-corrected chi connectivity index (χ0v) is 11.4. The van der Waals surface area contributed by atoms with Gasteiger partial charge in [-0.25, -0.2) is 8.42 Å². The van der Waals surface area contributed by atoms with Crippen LogP contribution >= 0.6 is 0 Å². The molecule has 0 atom stereocenters. The Kier molecular flexibility index (Phi) is 2.71. The van der Waals surface area contributed by atoms with Gasteiger partial charge in [-0.05, 0) is 30.4 Å². The lowest BCUT2D eigenvalue weighted by Gasteiger charge is -2.26. The van der Waals surface area contributed by atoms with E-state index in [9.17, 15) is 18.3 Å². The van der Waals surface area contributed by atoms with Gasteiger partial charge in [0.2, 0.25) is 0 Å². The first-order chi connectivity index (χ1) is 8.97. The van der Waals surface area contributed by atoms with Crippen molar-refractivity contribution in [2.45, 2.75) is 42.4 Å². The molecule has 1 heterocycles.